The lowest BCUT2D eigenvalue weighted by Crippen LogP contribution is -2.41. The highest BCUT2D eigenvalue weighted by molar-refractivity contribution is 5.97. The molecule has 0 bridgehead atoms. The lowest BCUT2D eigenvalue weighted by molar-refractivity contribution is -0.142. The fourth-order valence-electron chi connectivity index (χ4n) is 2.86. The number of anilines is 3. The molecule has 0 aliphatic heterocycles. The number of ether oxygens (including phenoxy) is 1. The van der Waals surface area contributed by atoms with Crippen LogP contribution in [0.15, 0.2) is 30.5 Å². The minimum absolute atomic E-state index is 0.0161. The number of carboxylic acids is 1. The lowest BCUT2D eigenvalue weighted by atomic mass is 10.1. The Bertz CT molecular complexity index is 1190. The zero-order chi connectivity index (χ0) is 24.0. The molecule has 33 heavy (non-hydrogen) atoms. The lowest BCUT2D eigenvalue weighted by Gasteiger charge is -2.14. The Balaban J connectivity index is 1.60. The SMILES string of the molecule is COC(=O)CCC(NC(=O)c1ccc(NCc2cnc3nc(N)nc(N)c3n2)cc1)C(=O)O. The number of fused-ring (bicyclic) bond motifs is 1. The van der Waals surface area contributed by atoms with Gasteiger partial charge in [-0.25, -0.2) is 14.8 Å². The Hall–Kier alpha value is -4.55. The van der Waals surface area contributed by atoms with E-state index in [1.165, 1.54) is 25.4 Å². The maximum absolute atomic E-state index is 12.4. The van der Waals surface area contributed by atoms with Crippen LogP contribution in [0.5, 0.6) is 0 Å². The monoisotopic (exact) mass is 454 g/mol. The van der Waals surface area contributed by atoms with Crippen LogP contribution in [-0.2, 0) is 20.9 Å². The van der Waals surface area contributed by atoms with Crippen molar-refractivity contribution in [3.05, 3.63) is 41.7 Å². The molecule has 0 spiro atoms. The second-order valence-corrected chi connectivity index (χ2v) is 6.91. The zero-order valence-corrected chi connectivity index (χ0v) is 17.6. The number of nitrogen functional groups attached to an aromatic ring is 2. The molecule has 0 aliphatic rings. The molecule has 1 amide bonds. The number of nitrogens with zero attached hydrogens (tertiary/aromatic N) is 4. The molecule has 0 saturated carbocycles. The van der Waals surface area contributed by atoms with Crippen LogP contribution in [0, 0.1) is 0 Å². The zero-order valence-electron chi connectivity index (χ0n) is 17.6. The molecule has 1 aromatic carbocycles. The van der Waals surface area contributed by atoms with Crippen LogP contribution >= 0.6 is 0 Å². The van der Waals surface area contributed by atoms with E-state index in [1.54, 1.807) is 12.1 Å². The van der Waals surface area contributed by atoms with Gasteiger partial charge in [-0.2, -0.15) is 9.97 Å². The summed E-state index contributed by atoms with van der Waals surface area (Å²) in [4.78, 5) is 51.4. The van der Waals surface area contributed by atoms with Crippen LogP contribution in [0.25, 0.3) is 11.2 Å². The Morgan fingerprint density at radius 1 is 1.12 bits per heavy atom. The molecule has 3 aromatic rings. The van der Waals surface area contributed by atoms with Crippen LogP contribution in [0.2, 0.25) is 0 Å². The number of carbonyl (C=O) groups is 3. The van der Waals surface area contributed by atoms with Crippen molar-refractivity contribution in [3.63, 3.8) is 0 Å². The molecular weight excluding hydrogens is 432 g/mol. The summed E-state index contributed by atoms with van der Waals surface area (Å²) in [6, 6.07) is 5.18. The average Bonchev–Trinajstić information content (AvgIpc) is 2.80. The highest BCUT2D eigenvalue weighted by Gasteiger charge is 2.22. The molecule has 1 unspecified atom stereocenters. The Morgan fingerprint density at radius 3 is 2.52 bits per heavy atom. The summed E-state index contributed by atoms with van der Waals surface area (Å²) < 4.78 is 4.49. The number of carboxylic acid groups (broad SMARTS) is 1. The van der Waals surface area contributed by atoms with E-state index in [4.69, 9.17) is 11.5 Å². The third-order valence-corrected chi connectivity index (χ3v) is 4.59. The first-order valence-electron chi connectivity index (χ1n) is 9.76. The topological polar surface area (TPSA) is 208 Å². The molecule has 7 N–H and O–H groups in total. The van der Waals surface area contributed by atoms with Crippen molar-refractivity contribution in [2.45, 2.75) is 25.4 Å². The maximum atomic E-state index is 12.4. The van der Waals surface area contributed by atoms with Crippen molar-refractivity contribution >= 4 is 46.5 Å². The van der Waals surface area contributed by atoms with Gasteiger partial charge in [0.1, 0.15) is 6.04 Å². The molecule has 13 heteroatoms. The normalized spacial score (nSPS) is 11.5. The number of methoxy groups -OCH3 is 1. The van der Waals surface area contributed by atoms with Gasteiger partial charge in [0.15, 0.2) is 17.0 Å². The maximum Gasteiger partial charge on any atom is 0.326 e. The van der Waals surface area contributed by atoms with Crippen molar-refractivity contribution in [3.8, 4) is 0 Å². The molecule has 3 rings (SSSR count). The number of aliphatic carboxylic acids is 1. The Labute approximate surface area is 187 Å². The highest BCUT2D eigenvalue weighted by Crippen LogP contribution is 2.16. The van der Waals surface area contributed by atoms with E-state index >= 15 is 0 Å². The van der Waals surface area contributed by atoms with E-state index in [0.29, 0.717) is 29.1 Å². The van der Waals surface area contributed by atoms with E-state index < -0.39 is 23.9 Å². The standard InChI is InChI=1S/C20H22N8O5/c1-33-14(29)7-6-13(19(31)32)26-18(30)10-2-4-11(5-3-10)23-8-12-9-24-17-15(25-12)16(21)27-20(22)28-17/h2-5,9,13,23H,6-8H2,1H3,(H,26,30)(H,31,32)(H4,21,22,24,27,28). The fourth-order valence-corrected chi connectivity index (χ4v) is 2.86. The number of amides is 1. The predicted octanol–water partition coefficient (Wildman–Crippen LogP) is 0.333. The third-order valence-electron chi connectivity index (χ3n) is 4.59. The van der Waals surface area contributed by atoms with Gasteiger partial charge >= 0.3 is 11.9 Å². The molecule has 2 heterocycles. The van der Waals surface area contributed by atoms with Crippen LogP contribution < -0.4 is 22.1 Å². The van der Waals surface area contributed by atoms with Gasteiger partial charge in [-0.15, -0.1) is 0 Å². The number of rotatable bonds is 9. The Morgan fingerprint density at radius 2 is 1.85 bits per heavy atom. The molecule has 13 nitrogen and oxygen atoms in total. The molecular formula is C20H22N8O5. The van der Waals surface area contributed by atoms with Crippen LogP contribution in [0.3, 0.4) is 0 Å². The summed E-state index contributed by atoms with van der Waals surface area (Å²) in [6.45, 7) is 0.312. The van der Waals surface area contributed by atoms with Crippen molar-refractivity contribution < 1.29 is 24.2 Å². The minimum atomic E-state index is -1.24. The third kappa shape index (κ3) is 6.00. The van der Waals surface area contributed by atoms with Crippen molar-refractivity contribution in [1.29, 1.82) is 0 Å². The highest BCUT2D eigenvalue weighted by atomic mass is 16.5. The first-order valence-corrected chi connectivity index (χ1v) is 9.76. The quantitative estimate of drug-likeness (QED) is 0.277. The summed E-state index contributed by atoms with van der Waals surface area (Å²) in [5, 5.41) is 14.8. The summed E-state index contributed by atoms with van der Waals surface area (Å²) >= 11 is 0. The van der Waals surface area contributed by atoms with E-state index in [1.807, 2.05) is 0 Å². The molecule has 2 aromatic heterocycles. The number of aromatic nitrogens is 4. The average molecular weight is 454 g/mol. The summed E-state index contributed by atoms with van der Waals surface area (Å²) in [6.07, 6.45) is 1.32. The van der Waals surface area contributed by atoms with E-state index in [9.17, 15) is 19.5 Å². The number of carbonyl (C=O) groups excluding carboxylic acids is 2. The van der Waals surface area contributed by atoms with Crippen LogP contribution in [0.1, 0.15) is 28.9 Å². The van der Waals surface area contributed by atoms with Crippen LogP contribution in [0.4, 0.5) is 17.5 Å². The van der Waals surface area contributed by atoms with E-state index in [0.717, 1.165) is 0 Å². The largest absolute Gasteiger partial charge is 0.480 e. The number of hydrogen-bond acceptors (Lipinski definition) is 11. The minimum Gasteiger partial charge on any atom is -0.480 e. The van der Waals surface area contributed by atoms with Gasteiger partial charge in [-0.1, -0.05) is 0 Å². The Kier molecular flexibility index (Phi) is 7.13. The van der Waals surface area contributed by atoms with Crippen molar-refractivity contribution in [2.75, 3.05) is 23.9 Å². The summed E-state index contributed by atoms with van der Waals surface area (Å²) in [5.41, 5.74) is 13.5. The first kappa shape index (κ1) is 23.1. The molecule has 172 valence electrons. The van der Waals surface area contributed by atoms with Gasteiger partial charge in [-0.05, 0) is 30.7 Å². The van der Waals surface area contributed by atoms with Gasteiger partial charge in [0.05, 0.1) is 25.5 Å². The fraction of sp³-hybridized carbons (Fsp3) is 0.250. The van der Waals surface area contributed by atoms with Gasteiger partial charge < -0.3 is 31.9 Å². The van der Waals surface area contributed by atoms with Gasteiger partial charge in [0.25, 0.3) is 5.91 Å². The van der Waals surface area contributed by atoms with Crippen molar-refractivity contribution in [1.82, 2.24) is 25.3 Å². The first-order chi connectivity index (χ1) is 15.8. The smallest absolute Gasteiger partial charge is 0.326 e. The summed E-state index contributed by atoms with van der Waals surface area (Å²) in [5.74, 6) is -2.22. The number of esters is 1. The number of benzene rings is 1. The van der Waals surface area contributed by atoms with Crippen molar-refractivity contribution in [2.24, 2.45) is 0 Å². The second kappa shape index (κ2) is 10.2. The van der Waals surface area contributed by atoms with Gasteiger partial charge in [-0.3, -0.25) is 9.59 Å². The van der Waals surface area contributed by atoms with Gasteiger partial charge in [0.2, 0.25) is 5.95 Å². The van der Waals surface area contributed by atoms with E-state index in [-0.39, 0.29) is 30.2 Å². The number of hydrogen-bond donors (Lipinski definition) is 5. The van der Waals surface area contributed by atoms with E-state index in [2.05, 4.69) is 35.3 Å². The number of nitrogens with two attached hydrogens (primary N) is 2. The summed E-state index contributed by atoms with van der Waals surface area (Å²) in [7, 11) is 1.21. The number of nitrogens with one attached hydrogen (secondary N) is 2. The molecule has 0 saturated heterocycles. The van der Waals surface area contributed by atoms with Gasteiger partial charge in [0, 0.05) is 17.7 Å². The second-order valence-electron chi connectivity index (χ2n) is 6.91. The van der Waals surface area contributed by atoms with Crippen LogP contribution in [-0.4, -0.2) is 56.0 Å². The molecule has 1 atom stereocenters. The molecule has 0 fully saturated rings. The predicted molar refractivity (Wildman–Crippen MR) is 118 cm³/mol. The molecule has 0 aliphatic carbocycles. The molecule has 0 radical (unpaired) electrons.